The van der Waals surface area contributed by atoms with Crippen LogP contribution in [0.5, 0.6) is 0 Å². The molecule has 120 valence electrons. The number of ether oxygens (including phenoxy) is 1. The molecule has 1 rings (SSSR count). The molecule has 0 heterocycles. The van der Waals surface area contributed by atoms with Gasteiger partial charge in [-0.05, 0) is 12.5 Å². The molecule has 0 spiro atoms. The van der Waals surface area contributed by atoms with E-state index in [1.807, 2.05) is 0 Å². The molecule has 0 bridgehead atoms. The van der Waals surface area contributed by atoms with E-state index < -0.39 is 17.7 Å². The fourth-order valence-electron chi connectivity index (χ4n) is 1.84. The molecule has 0 aliphatic heterocycles. The maximum absolute atomic E-state index is 13.5. The second-order valence-corrected chi connectivity index (χ2v) is 5.32. The van der Waals surface area contributed by atoms with E-state index in [9.17, 15) is 13.9 Å². The Hall–Kier alpha value is -0.910. The molecule has 0 amide bonds. The molecule has 0 aromatic heterocycles. The van der Waals surface area contributed by atoms with E-state index >= 15 is 0 Å². The first-order chi connectivity index (χ1) is 10.0. The van der Waals surface area contributed by atoms with Crippen molar-refractivity contribution in [2.75, 3.05) is 25.1 Å². The van der Waals surface area contributed by atoms with E-state index in [2.05, 4.69) is 12.2 Å². The van der Waals surface area contributed by atoms with Gasteiger partial charge in [0.2, 0.25) is 0 Å². The largest absolute Gasteiger partial charge is 0.389 e. The Morgan fingerprint density at radius 3 is 2.71 bits per heavy atom. The zero-order valence-corrected chi connectivity index (χ0v) is 12.9. The summed E-state index contributed by atoms with van der Waals surface area (Å²) in [6.07, 6.45) is 3.64. The molecule has 0 radical (unpaired) electrons. The van der Waals surface area contributed by atoms with Crippen LogP contribution >= 0.6 is 11.6 Å². The zero-order valence-electron chi connectivity index (χ0n) is 12.2. The van der Waals surface area contributed by atoms with Gasteiger partial charge in [0.1, 0.15) is 5.82 Å². The normalized spacial score (nSPS) is 12.4. The summed E-state index contributed by atoms with van der Waals surface area (Å²) in [5.41, 5.74) is -0.0138. The van der Waals surface area contributed by atoms with Crippen LogP contribution in [-0.4, -0.2) is 31.0 Å². The highest BCUT2D eigenvalue weighted by atomic mass is 35.5. The highest BCUT2D eigenvalue weighted by Crippen LogP contribution is 2.26. The van der Waals surface area contributed by atoms with Crippen molar-refractivity contribution >= 4 is 17.3 Å². The lowest BCUT2D eigenvalue weighted by Crippen LogP contribution is -2.25. The van der Waals surface area contributed by atoms with Crippen molar-refractivity contribution in [2.45, 2.75) is 38.7 Å². The Kier molecular flexibility index (Phi) is 8.57. The van der Waals surface area contributed by atoms with Gasteiger partial charge in [-0.2, -0.15) is 0 Å². The quantitative estimate of drug-likeness (QED) is 0.640. The van der Waals surface area contributed by atoms with Crippen molar-refractivity contribution in [3.8, 4) is 0 Å². The molecule has 2 N–H and O–H groups in total. The van der Waals surface area contributed by atoms with Gasteiger partial charge in [0.15, 0.2) is 5.82 Å². The van der Waals surface area contributed by atoms with Crippen LogP contribution in [0.4, 0.5) is 14.5 Å². The van der Waals surface area contributed by atoms with Crippen LogP contribution in [0.2, 0.25) is 5.02 Å². The molecule has 0 fully saturated rings. The number of halogens is 3. The molecular formula is C15H22ClF2NO2. The summed E-state index contributed by atoms with van der Waals surface area (Å²) in [6, 6.07) is 1.76. The van der Waals surface area contributed by atoms with Gasteiger partial charge in [0.25, 0.3) is 0 Å². The minimum atomic E-state index is -0.785. The number of benzene rings is 1. The van der Waals surface area contributed by atoms with Crippen LogP contribution in [-0.2, 0) is 4.74 Å². The molecular weight excluding hydrogens is 300 g/mol. The van der Waals surface area contributed by atoms with Crippen LogP contribution in [0.1, 0.15) is 32.6 Å². The number of aliphatic hydroxyl groups is 1. The standard InChI is InChI=1S/C15H22ClF2NO2/c1-2-3-4-5-6-21-10-12(20)9-19-15-13(16)7-11(17)8-14(15)18/h7-8,12,19-20H,2-6,9-10H2,1H3. The Labute approximate surface area is 129 Å². The molecule has 0 aliphatic carbocycles. The fraction of sp³-hybridized carbons (Fsp3) is 0.600. The van der Waals surface area contributed by atoms with E-state index in [0.29, 0.717) is 6.61 Å². The SMILES string of the molecule is CCCCCCOCC(O)CNc1c(F)cc(F)cc1Cl. The first kappa shape index (κ1) is 18.1. The van der Waals surface area contributed by atoms with Crippen molar-refractivity contribution in [1.82, 2.24) is 0 Å². The summed E-state index contributed by atoms with van der Waals surface area (Å²) in [4.78, 5) is 0. The van der Waals surface area contributed by atoms with Gasteiger partial charge in [-0.1, -0.05) is 37.8 Å². The van der Waals surface area contributed by atoms with Gasteiger partial charge in [0, 0.05) is 19.2 Å². The van der Waals surface area contributed by atoms with Crippen LogP contribution in [0.25, 0.3) is 0 Å². The Balaban J connectivity index is 2.25. The Morgan fingerprint density at radius 1 is 1.29 bits per heavy atom. The van der Waals surface area contributed by atoms with E-state index in [4.69, 9.17) is 16.3 Å². The predicted octanol–water partition coefficient (Wildman–Crippen LogP) is 3.99. The van der Waals surface area contributed by atoms with Crippen molar-refractivity contribution < 1.29 is 18.6 Å². The second kappa shape index (κ2) is 9.92. The third-order valence-electron chi connectivity index (χ3n) is 2.97. The summed E-state index contributed by atoms with van der Waals surface area (Å²) in [5.74, 6) is -1.52. The molecule has 3 nitrogen and oxygen atoms in total. The fourth-order valence-corrected chi connectivity index (χ4v) is 2.10. The second-order valence-electron chi connectivity index (χ2n) is 4.91. The lowest BCUT2D eigenvalue weighted by Gasteiger charge is -2.14. The van der Waals surface area contributed by atoms with Gasteiger partial charge in [-0.3, -0.25) is 0 Å². The van der Waals surface area contributed by atoms with E-state index in [0.717, 1.165) is 31.4 Å². The maximum atomic E-state index is 13.5. The van der Waals surface area contributed by atoms with Crippen LogP contribution in [0, 0.1) is 11.6 Å². The number of hydrogen-bond donors (Lipinski definition) is 2. The summed E-state index contributed by atoms with van der Waals surface area (Å²) < 4.78 is 31.7. The van der Waals surface area contributed by atoms with Gasteiger partial charge >= 0.3 is 0 Å². The third kappa shape index (κ3) is 7.07. The number of aliphatic hydroxyl groups excluding tert-OH is 1. The van der Waals surface area contributed by atoms with Gasteiger partial charge in [0.05, 0.1) is 23.4 Å². The molecule has 1 atom stereocenters. The van der Waals surface area contributed by atoms with Crippen LogP contribution < -0.4 is 5.32 Å². The lowest BCUT2D eigenvalue weighted by molar-refractivity contribution is 0.0416. The summed E-state index contributed by atoms with van der Waals surface area (Å²) in [7, 11) is 0. The summed E-state index contributed by atoms with van der Waals surface area (Å²) >= 11 is 5.74. The van der Waals surface area contributed by atoms with Crippen molar-refractivity contribution in [2.24, 2.45) is 0 Å². The molecule has 21 heavy (non-hydrogen) atoms. The van der Waals surface area contributed by atoms with Crippen molar-refractivity contribution in [1.29, 1.82) is 0 Å². The monoisotopic (exact) mass is 321 g/mol. The van der Waals surface area contributed by atoms with Crippen LogP contribution in [0.15, 0.2) is 12.1 Å². The number of anilines is 1. The molecule has 0 saturated carbocycles. The van der Waals surface area contributed by atoms with Crippen molar-refractivity contribution in [3.63, 3.8) is 0 Å². The minimum absolute atomic E-state index is 0.0138. The van der Waals surface area contributed by atoms with E-state index in [1.165, 1.54) is 6.42 Å². The predicted molar refractivity (Wildman–Crippen MR) is 80.8 cm³/mol. The summed E-state index contributed by atoms with van der Waals surface area (Å²) in [6.45, 7) is 2.98. The number of unbranched alkanes of at least 4 members (excludes halogenated alkanes) is 3. The average Bonchev–Trinajstić information content (AvgIpc) is 2.41. The molecule has 1 unspecified atom stereocenters. The lowest BCUT2D eigenvalue weighted by atomic mass is 10.2. The molecule has 1 aromatic carbocycles. The number of nitrogens with one attached hydrogen (secondary N) is 1. The molecule has 1 aromatic rings. The number of hydrogen-bond acceptors (Lipinski definition) is 3. The average molecular weight is 322 g/mol. The highest BCUT2D eigenvalue weighted by molar-refractivity contribution is 6.33. The van der Waals surface area contributed by atoms with Gasteiger partial charge in [-0.25, -0.2) is 8.78 Å². The van der Waals surface area contributed by atoms with Gasteiger partial charge in [-0.15, -0.1) is 0 Å². The Morgan fingerprint density at radius 2 is 2.05 bits per heavy atom. The first-order valence-electron chi connectivity index (χ1n) is 7.18. The van der Waals surface area contributed by atoms with Crippen LogP contribution in [0.3, 0.4) is 0 Å². The first-order valence-corrected chi connectivity index (χ1v) is 7.56. The maximum Gasteiger partial charge on any atom is 0.150 e. The molecule has 0 aliphatic rings. The van der Waals surface area contributed by atoms with Crippen molar-refractivity contribution in [3.05, 3.63) is 28.8 Å². The van der Waals surface area contributed by atoms with Gasteiger partial charge < -0.3 is 15.2 Å². The molecule has 0 saturated heterocycles. The molecule has 6 heteroatoms. The Bertz CT molecular complexity index is 409. The van der Waals surface area contributed by atoms with E-state index in [-0.39, 0.29) is 23.9 Å². The zero-order chi connectivity index (χ0) is 15.7. The van der Waals surface area contributed by atoms with E-state index in [1.54, 1.807) is 0 Å². The number of rotatable bonds is 10. The smallest absolute Gasteiger partial charge is 0.150 e. The third-order valence-corrected chi connectivity index (χ3v) is 3.27. The highest BCUT2D eigenvalue weighted by Gasteiger charge is 2.11. The topological polar surface area (TPSA) is 41.5 Å². The minimum Gasteiger partial charge on any atom is -0.389 e. The summed E-state index contributed by atoms with van der Waals surface area (Å²) in [5, 5.41) is 12.3.